The Morgan fingerprint density at radius 1 is 1.44 bits per heavy atom. The van der Waals surface area contributed by atoms with Crippen LogP contribution in [0.2, 0.25) is 0 Å². The van der Waals surface area contributed by atoms with Gasteiger partial charge in [-0.05, 0) is 0 Å². The van der Waals surface area contributed by atoms with E-state index < -0.39 is 19.6 Å². The Labute approximate surface area is 108 Å². The van der Waals surface area contributed by atoms with Crippen LogP contribution < -0.4 is 4.74 Å². The first-order valence-corrected chi connectivity index (χ1v) is 10.1. The summed E-state index contributed by atoms with van der Waals surface area (Å²) in [4.78, 5) is 11.1. The molecule has 0 bridgehead atoms. The number of hydrogen-bond acceptors (Lipinski definition) is 2. The van der Waals surface area contributed by atoms with E-state index >= 15 is 0 Å². The molecule has 0 aliphatic rings. The van der Waals surface area contributed by atoms with Crippen molar-refractivity contribution in [1.29, 1.82) is 0 Å². The molecule has 0 aromatic heterocycles. The zero-order valence-corrected chi connectivity index (χ0v) is 12.1. The molecule has 1 aromatic rings. The molecule has 0 saturated heterocycles. The fourth-order valence-electron chi connectivity index (χ4n) is 1.03. The Bertz CT molecular complexity index is 414. The molecule has 0 aliphatic carbocycles. The van der Waals surface area contributed by atoms with Crippen molar-refractivity contribution in [2.75, 3.05) is 0 Å². The van der Waals surface area contributed by atoms with Gasteiger partial charge in [0, 0.05) is 0 Å². The van der Waals surface area contributed by atoms with Crippen molar-refractivity contribution in [2.45, 2.75) is 20.0 Å². The summed E-state index contributed by atoms with van der Waals surface area (Å²) in [5.41, 5.74) is 0.847. The molecular formula is C11H12Cl2O2Ru. The zero-order valence-electron chi connectivity index (χ0n) is 8.89. The molecule has 1 rings (SSSR count). The van der Waals surface area contributed by atoms with Gasteiger partial charge in [-0.1, -0.05) is 0 Å². The van der Waals surface area contributed by atoms with E-state index in [2.05, 4.69) is 0 Å². The quantitative estimate of drug-likeness (QED) is 0.782. The van der Waals surface area contributed by atoms with Gasteiger partial charge in [0.1, 0.15) is 0 Å². The molecule has 90 valence electrons. The second-order valence-corrected chi connectivity index (χ2v) is 8.94. The number of carbonyl (C=O) groups is 1. The van der Waals surface area contributed by atoms with E-state index in [0.717, 1.165) is 5.56 Å². The second-order valence-electron chi connectivity index (χ2n) is 3.22. The first-order chi connectivity index (χ1) is 7.50. The van der Waals surface area contributed by atoms with Gasteiger partial charge in [-0.2, -0.15) is 0 Å². The molecule has 0 radical (unpaired) electrons. The molecular weight excluding hydrogens is 336 g/mol. The van der Waals surface area contributed by atoms with E-state index in [0.29, 0.717) is 5.75 Å². The van der Waals surface area contributed by atoms with Crippen LogP contribution in [0.25, 0.3) is 0 Å². The summed E-state index contributed by atoms with van der Waals surface area (Å²) in [6.07, 6.45) is -0.458. The number of ketones is 1. The van der Waals surface area contributed by atoms with Crippen LogP contribution in [-0.4, -0.2) is 16.5 Å². The van der Waals surface area contributed by atoms with Crippen molar-refractivity contribution >= 4 is 29.8 Å². The van der Waals surface area contributed by atoms with Crippen molar-refractivity contribution in [1.82, 2.24) is 0 Å². The van der Waals surface area contributed by atoms with Crippen molar-refractivity contribution in [3.05, 3.63) is 29.8 Å². The molecule has 2 nitrogen and oxygen atoms in total. The molecule has 1 aromatic carbocycles. The molecule has 0 heterocycles. The number of para-hydroxylation sites is 1. The standard InChI is InChI=1S/C11H12O2.2ClH.Ru/c1-8-6-4-5-7-11(8)13-10(3)9(2)12;;;/h1,4-7,10H,2-3H3;2*1H;/q;;;+2/p-2. The van der Waals surface area contributed by atoms with Gasteiger partial charge < -0.3 is 0 Å². The van der Waals surface area contributed by atoms with Crippen LogP contribution >= 0.6 is 19.4 Å². The van der Waals surface area contributed by atoms with Crippen LogP contribution in [0, 0.1) is 0 Å². The van der Waals surface area contributed by atoms with Crippen LogP contribution in [0.1, 0.15) is 19.4 Å². The van der Waals surface area contributed by atoms with Gasteiger partial charge in [0.15, 0.2) is 0 Å². The van der Waals surface area contributed by atoms with Gasteiger partial charge in [-0.15, -0.1) is 0 Å². The zero-order chi connectivity index (χ0) is 12.1. The number of carbonyl (C=O) groups excluding carboxylic acids is 1. The monoisotopic (exact) mass is 348 g/mol. The van der Waals surface area contributed by atoms with Crippen molar-refractivity contribution in [3.8, 4) is 5.75 Å². The van der Waals surface area contributed by atoms with E-state index in [1.54, 1.807) is 17.6 Å². The minimum atomic E-state index is -1.88. The third-order valence-corrected chi connectivity index (χ3v) is 3.82. The first kappa shape index (κ1) is 13.8. The first-order valence-electron chi connectivity index (χ1n) is 4.60. The van der Waals surface area contributed by atoms with E-state index in [4.69, 9.17) is 24.1 Å². The number of ether oxygens (including phenoxy) is 1. The SMILES string of the molecule is CC(=O)C(C)Oc1ccccc1[CH]=[Ru]([Cl])[Cl]. The van der Waals surface area contributed by atoms with Gasteiger partial charge in [-0.3, -0.25) is 0 Å². The van der Waals surface area contributed by atoms with Gasteiger partial charge in [0.05, 0.1) is 0 Å². The fraction of sp³-hybridized carbons (Fsp3) is 0.273. The minimum absolute atomic E-state index is 0.0132. The normalized spacial score (nSPS) is 12.9. The molecule has 1 atom stereocenters. The van der Waals surface area contributed by atoms with Crippen LogP contribution in [-0.2, 0) is 18.3 Å². The molecule has 0 saturated carbocycles. The van der Waals surface area contributed by atoms with E-state index in [1.807, 2.05) is 18.2 Å². The molecule has 0 N–H and O–H groups in total. The van der Waals surface area contributed by atoms with Crippen molar-refractivity contribution in [2.24, 2.45) is 0 Å². The third-order valence-electron chi connectivity index (χ3n) is 1.98. The van der Waals surface area contributed by atoms with Gasteiger partial charge in [0.2, 0.25) is 0 Å². The number of hydrogen-bond donors (Lipinski definition) is 0. The molecule has 16 heavy (non-hydrogen) atoms. The Morgan fingerprint density at radius 2 is 2.06 bits per heavy atom. The Balaban J connectivity index is 2.95. The van der Waals surface area contributed by atoms with Crippen LogP contribution in [0.3, 0.4) is 0 Å². The summed E-state index contributed by atoms with van der Waals surface area (Å²) in [5, 5.41) is 0. The molecule has 0 amide bonds. The summed E-state index contributed by atoms with van der Waals surface area (Å²) >= 11 is -1.88. The average Bonchev–Trinajstić information content (AvgIpc) is 2.20. The molecule has 0 spiro atoms. The summed E-state index contributed by atoms with van der Waals surface area (Å²) in [7, 11) is 11.6. The van der Waals surface area contributed by atoms with Crippen molar-refractivity contribution in [3.63, 3.8) is 0 Å². The number of halogens is 2. The van der Waals surface area contributed by atoms with E-state index in [1.165, 1.54) is 6.92 Å². The second kappa shape index (κ2) is 6.49. The summed E-state index contributed by atoms with van der Waals surface area (Å²) in [6.45, 7) is 3.22. The molecule has 0 fully saturated rings. The Kier molecular flexibility index (Phi) is 5.61. The molecule has 0 aliphatic heterocycles. The number of rotatable bonds is 4. The number of benzene rings is 1. The van der Waals surface area contributed by atoms with Gasteiger partial charge in [-0.25, -0.2) is 0 Å². The van der Waals surface area contributed by atoms with Crippen molar-refractivity contribution < 1.29 is 23.0 Å². The van der Waals surface area contributed by atoms with Crippen LogP contribution in [0.5, 0.6) is 5.75 Å². The Hall–Kier alpha value is -0.237. The maximum atomic E-state index is 11.1. The number of Topliss-reactive ketones (excluding diaryl/α,β-unsaturated/α-hetero) is 1. The fourth-order valence-corrected chi connectivity index (χ4v) is 2.84. The van der Waals surface area contributed by atoms with Crippen LogP contribution in [0.4, 0.5) is 0 Å². The van der Waals surface area contributed by atoms with E-state index in [9.17, 15) is 4.79 Å². The van der Waals surface area contributed by atoms with Crippen LogP contribution in [0.15, 0.2) is 24.3 Å². The maximum absolute atomic E-state index is 11.1. The van der Waals surface area contributed by atoms with Gasteiger partial charge >= 0.3 is 108 Å². The van der Waals surface area contributed by atoms with E-state index in [-0.39, 0.29) is 5.78 Å². The van der Waals surface area contributed by atoms with Gasteiger partial charge in [0.25, 0.3) is 0 Å². The summed E-state index contributed by atoms with van der Waals surface area (Å²) in [6, 6.07) is 7.39. The topological polar surface area (TPSA) is 26.3 Å². The average molecular weight is 348 g/mol. The predicted molar refractivity (Wildman–Crippen MR) is 64.1 cm³/mol. The third kappa shape index (κ3) is 4.33. The predicted octanol–water partition coefficient (Wildman–Crippen LogP) is 3.12. The summed E-state index contributed by atoms with van der Waals surface area (Å²) < 4.78 is 7.33. The molecule has 5 heteroatoms. The Morgan fingerprint density at radius 3 is 2.62 bits per heavy atom. The summed E-state index contributed by atoms with van der Waals surface area (Å²) in [5.74, 6) is 0.630. The molecule has 1 unspecified atom stereocenters.